The Kier molecular flexibility index (Phi) is 4.96. The van der Waals surface area contributed by atoms with Crippen LogP contribution in [0.2, 0.25) is 0 Å². The maximum atomic E-state index is 12.7. The number of rotatable bonds is 4. The highest BCUT2D eigenvalue weighted by Gasteiger charge is 2.31. The van der Waals surface area contributed by atoms with E-state index in [0.717, 1.165) is 31.5 Å². The summed E-state index contributed by atoms with van der Waals surface area (Å²) in [6.07, 6.45) is 3.73. The zero-order chi connectivity index (χ0) is 16.2. The van der Waals surface area contributed by atoms with Crippen LogP contribution in [0.15, 0.2) is 30.3 Å². The van der Waals surface area contributed by atoms with Crippen LogP contribution in [0.1, 0.15) is 44.2 Å². The van der Waals surface area contributed by atoms with Gasteiger partial charge in [0.25, 0.3) is 0 Å². The highest BCUT2D eigenvalue weighted by Crippen LogP contribution is 2.23. The van der Waals surface area contributed by atoms with E-state index in [0.29, 0.717) is 18.5 Å². The number of carbonyl (C=O) groups is 2. The molecule has 0 aromatic heterocycles. The Hall–Kier alpha value is -1.88. The van der Waals surface area contributed by atoms with Crippen LogP contribution in [0.25, 0.3) is 0 Å². The fourth-order valence-electron chi connectivity index (χ4n) is 3.66. The van der Waals surface area contributed by atoms with Gasteiger partial charge in [-0.3, -0.25) is 9.59 Å². The van der Waals surface area contributed by atoms with Crippen molar-refractivity contribution in [2.45, 2.75) is 50.7 Å². The molecule has 2 heterocycles. The van der Waals surface area contributed by atoms with E-state index in [-0.39, 0.29) is 17.9 Å². The van der Waals surface area contributed by atoms with Crippen molar-refractivity contribution in [1.82, 2.24) is 15.5 Å². The minimum Gasteiger partial charge on any atom is -0.349 e. The maximum absolute atomic E-state index is 12.7. The topological polar surface area (TPSA) is 61.4 Å². The number of benzene rings is 1. The molecule has 3 atom stereocenters. The summed E-state index contributed by atoms with van der Waals surface area (Å²) in [5.74, 6) is 0.0187. The minimum atomic E-state index is -0.255. The first-order chi connectivity index (χ1) is 11.1. The third kappa shape index (κ3) is 4.10. The first-order valence-corrected chi connectivity index (χ1v) is 8.47. The molecule has 1 aromatic rings. The van der Waals surface area contributed by atoms with Gasteiger partial charge in [0.15, 0.2) is 0 Å². The summed E-state index contributed by atoms with van der Waals surface area (Å²) in [6, 6.07) is 10.5. The third-order valence-corrected chi connectivity index (χ3v) is 4.83. The fraction of sp³-hybridized carbons (Fsp3) is 0.556. The van der Waals surface area contributed by atoms with Crippen LogP contribution in [0.3, 0.4) is 0 Å². The molecule has 0 saturated carbocycles. The maximum Gasteiger partial charge on any atom is 0.225 e. The van der Waals surface area contributed by atoms with Crippen molar-refractivity contribution < 1.29 is 9.59 Å². The number of likely N-dealkylation sites (tertiary alicyclic amines) is 1. The number of nitrogens with zero attached hydrogens (tertiary/aromatic N) is 1. The van der Waals surface area contributed by atoms with Crippen molar-refractivity contribution in [3.05, 3.63) is 35.9 Å². The smallest absolute Gasteiger partial charge is 0.225 e. The zero-order valence-corrected chi connectivity index (χ0v) is 13.6. The first-order valence-electron chi connectivity index (χ1n) is 8.47. The molecule has 2 amide bonds. The molecule has 1 aromatic carbocycles. The van der Waals surface area contributed by atoms with E-state index in [1.165, 1.54) is 13.3 Å². The molecular weight excluding hydrogens is 290 g/mol. The SMILES string of the molecule is CC(=O)NC(CC(=O)N1CCC2CCC(C1)N2)c1ccccc1. The summed E-state index contributed by atoms with van der Waals surface area (Å²) < 4.78 is 0. The number of carbonyl (C=O) groups excluding carboxylic acids is 2. The molecule has 0 radical (unpaired) electrons. The Morgan fingerprint density at radius 1 is 1.22 bits per heavy atom. The highest BCUT2D eigenvalue weighted by molar-refractivity contribution is 5.79. The van der Waals surface area contributed by atoms with E-state index in [2.05, 4.69) is 10.6 Å². The summed E-state index contributed by atoms with van der Waals surface area (Å²) >= 11 is 0. The standard InChI is InChI=1S/C18H25N3O2/c1-13(22)19-17(14-5-3-2-4-6-14)11-18(23)21-10-9-15-7-8-16(12-21)20-15/h2-6,15-17,20H,7-12H2,1H3,(H,19,22). The Labute approximate surface area is 137 Å². The summed E-state index contributed by atoms with van der Waals surface area (Å²) in [5.41, 5.74) is 0.977. The second-order valence-electron chi connectivity index (χ2n) is 6.63. The molecule has 3 rings (SSSR count). The van der Waals surface area contributed by atoms with Crippen LogP contribution in [-0.2, 0) is 9.59 Å². The third-order valence-electron chi connectivity index (χ3n) is 4.83. The van der Waals surface area contributed by atoms with Gasteiger partial charge >= 0.3 is 0 Å². The van der Waals surface area contributed by atoms with Crippen LogP contribution in [-0.4, -0.2) is 41.9 Å². The van der Waals surface area contributed by atoms with Gasteiger partial charge in [-0.15, -0.1) is 0 Å². The monoisotopic (exact) mass is 315 g/mol. The summed E-state index contributed by atoms with van der Waals surface area (Å²) in [6.45, 7) is 3.10. The second kappa shape index (κ2) is 7.13. The van der Waals surface area contributed by atoms with E-state index in [9.17, 15) is 9.59 Å². The van der Waals surface area contributed by atoms with Gasteiger partial charge in [0.2, 0.25) is 11.8 Å². The lowest BCUT2D eigenvalue weighted by Crippen LogP contribution is -2.41. The van der Waals surface area contributed by atoms with Crippen LogP contribution in [0.4, 0.5) is 0 Å². The van der Waals surface area contributed by atoms with Crippen molar-refractivity contribution in [3.63, 3.8) is 0 Å². The molecule has 2 aliphatic heterocycles. The van der Waals surface area contributed by atoms with Crippen LogP contribution in [0.5, 0.6) is 0 Å². The van der Waals surface area contributed by atoms with Crippen LogP contribution >= 0.6 is 0 Å². The first kappa shape index (κ1) is 16.0. The Morgan fingerprint density at radius 3 is 2.70 bits per heavy atom. The highest BCUT2D eigenvalue weighted by atomic mass is 16.2. The number of hydrogen-bond donors (Lipinski definition) is 2. The van der Waals surface area contributed by atoms with E-state index in [1.807, 2.05) is 35.2 Å². The number of fused-ring (bicyclic) bond motifs is 2. The minimum absolute atomic E-state index is 0.108. The van der Waals surface area contributed by atoms with Gasteiger partial charge < -0.3 is 15.5 Å². The van der Waals surface area contributed by atoms with Gasteiger partial charge in [-0.2, -0.15) is 0 Å². The van der Waals surface area contributed by atoms with Crippen LogP contribution < -0.4 is 10.6 Å². The molecular formula is C18H25N3O2. The predicted molar refractivity (Wildman–Crippen MR) is 88.8 cm³/mol. The van der Waals surface area contributed by atoms with E-state index in [1.54, 1.807) is 0 Å². The van der Waals surface area contributed by atoms with Gasteiger partial charge in [-0.05, 0) is 24.8 Å². The lowest BCUT2D eigenvalue weighted by molar-refractivity contribution is -0.132. The van der Waals surface area contributed by atoms with Crippen molar-refractivity contribution >= 4 is 11.8 Å². The lowest BCUT2D eigenvalue weighted by Gasteiger charge is -2.27. The Balaban J connectivity index is 1.66. The van der Waals surface area contributed by atoms with Crippen molar-refractivity contribution in [2.24, 2.45) is 0 Å². The number of amides is 2. The Morgan fingerprint density at radius 2 is 1.96 bits per heavy atom. The molecule has 0 aliphatic carbocycles. The van der Waals surface area contributed by atoms with Gasteiger partial charge in [-0.25, -0.2) is 0 Å². The molecule has 2 saturated heterocycles. The average molecular weight is 315 g/mol. The van der Waals surface area contributed by atoms with Crippen LogP contribution in [0, 0.1) is 0 Å². The summed E-state index contributed by atoms with van der Waals surface area (Å²) in [7, 11) is 0. The molecule has 5 nitrogen and oxygen atoms in total. The normalized spacial score (nSPS) is 24.8. The van der Waals surface area contributed by atoms with Gasteiger partial charge in [0.1, 0.15) is 0 Å². The van der Waals surface area contributed by atoms with E-state index < -0.39 is 0 Å². The van der Waals surface area contributed by atoms with E-state index >= 15 is 0 Å². The predicted octanol–water partition coefficient (Wildman–Crippen LogP) is 1.61. The molecule has 124 valence electrons. The molecule has 2 aliphatic rings. The fourth-order valence-corrected chi connectivity index (χ4v) is 3.66. The summed E-state index contributed by atoms with van der Waals surface area (Å²) in [5, 5.41) is 6.50. The second-order valence-corrected chi connectivity index (χ2v) is 6.63. The summed E-state index contributed by atoms with van der Waals surface area (Å²) in [4.78, 5) is 26.2. The molecule has 2 bridgehead atoms. The van der Waals surface area contributed by atoms with E-state index in [4.69, 9.17) is 0 Å². The lowest BCUT2D eigenvalue weighted by atomic mass is 10.0. The Bertz CT molecular complexity index is 561. The molecule has 3 unspecified atom stereocenters. The molecule has 2 N–H and O–H groups in total. The molecule has 0 spiro atoms. The number of nitrogens with one attached hydrogen (secondary N) is 2. The molecule has 23 heavy (non-hydrogen) atoms. The largest absolute Gasteiger partial charge is 0.349 e. The van der Waals surface area contributed by atoms with Crippen molar-refractivity contribution in [1.29, 1.82) is 0 Å². The number of hydrogen-bond acceptors (Lipinski definition) is 3. The van der Waals surface area contributed by atoms with Gasteiger partial charge in [0.05, 0.1) is 12.5 Å². The average Bonchev–Trinajstić information content (AvgIpc) is 2.86. The van der Waals surface area contributed by atoms with Gasteiger partial charge in [-0.1, -0.05) is 30.3 Å². The zero-order valence-electron chi connectivity index (χ0n) is 13.6. The van der Waals surface area contributed by atoms with Crippen molar-refractivity contribution in [3.8, 4) is 0 Å². The quantitative estimate of drug-likeness (QED) is 0.887. The molecule has 2 fully saturated rings. The van der Waals surface area contributed by atoms with Gasteiger partial charge in [0, 0.05) is 32.1 Å². The molecule has 5 heteroatoms. The van der Waals surface area contributed by atoms with Crippen molar-refractivity contribution in [2.75, 3.05) is 13.1 Å².